The quantitative estimate of drug-likeness (QED) is 0.605. The van der Waals surface area contributed by atoms with Crippen LogP contribution in [0, 0.1) is 5.82 Å². The molecule has 0 aromatic heterocycles. The Morgan fingerprint density at radius 2 is 1.46 bits per heavy atom. The van der Waals surface area contributed by atoms with Crippen LogP contribution in [0.5, 0.6) is 0 Å². The van der Waals surface area contributed by atoms with Gasteiger partial charge < -0.3 is 0 Å². The lowest BCUT2D eigenvalue weighted by Crippen LogP contribution is -1.85. The van der Waals surface area contributed by atoms with E-state index in [0.29, 0.717) is 5.92 Å². The van der Waals surface area contributed by atoms with Crippen LogP contribution in [0.15, 0.2) is 24.3 Å². The first-order valence-corrected chi connectivity index (χ1v) is 4.87. The van der Waals surface area contributed by atoms with Crippen molar-refractivity contribution in [3.05, 3.63) is 35.6 Å². The van der Waals surface area contributed by atoms with Gasteiger partial charge in [-0.15, -0.1) is 0 Å². The summed E-state index contributed by atoms with van der Waals surface area (Å²) in [4.78, 5) is 0. The van der Waals surface area contributed by atoms with Crippen molar-refractivity contribution >= 4 is 0 Å². The number of hydrogen-bond donors (Lipinski definition) is 0. The molecule has 74 valence electrons. The summed E-state index contributed by atoms with van der Waals surface area (Å²) in [5.41, 5.74) is 1.18. The van der Waals surface area contributed by atoms with E-state index in [1.807, 2.05) is 12.1 Å². The lowest BCUT2D eigenvalue weighted by atomic mass is 10.0. The van der Waals surface area contributed by atoms with Crippen LogP contribution >= 0.6 is 0 Å². The van der Waals surface area contributed by atoms with E-state index >= 15 is 0 Å². The fraction of sp³-hybridized carbons (Fsp3) is 0.500. The van der Waals surface area contributed by atoms with Crippen LogP contribution in [0.1, 0.15) is 45.6 Å². The van der Waals surface area contributed by atoms with Crippen molar-refractivity contribution in [3.63, 3.8) is 0 Å². The van der Waals surface area contributed by atoms with Gasteiger partial charge in [-0.2, -0.15) is 0 Å². The summed E-state index contributed by atoms with van der Waals surface area (Å²) in [5.74, 6) is 0.324. The molecule has 0 aliphatic rings. The fourth-order valence-corrected chi connectivity index (χ4v) is 0.848. The van der Waals surface area contributed by atoms with Gasteiger partial charge >= 0.3 is 0 Å². The Balaban J connectivity index is 0.000000424. The number of benzene rings is 1. The van der Waals surface area contributed by atoms with Gasteiger partial charge in [-0.1, -0.05) is 46.2 Å². The number of hydrogen-bond acceptors (Lipinski definition) is 0. The third-order valence-electron chi connectivity index (χ3n) is 1.54. The van der Waals surface area contributed by atoms with Gasteiger partial charge in [0, 0.05) is 0 Å². The highest BCUT2D eigenvalue weighted by Crippen LogP contribution is 2.13. The molecular formula is C12H19F. The average Bonchev–Trinajstić information content (AvgIpc) is 2.06. The minimum absolute atomic E-state index is 0.163. The molecule has 0 bridgehead atoms. The Morgan fingerprint density at radius 1 is 1.08 bits per heavy atom. The van der Waals surface area contributed by atoms with Crippen molar-refractivity contribution in [1.82, 2.24) is 0 Å². The van der Waals surface area contributed by atoms with E-state index in [2.05, 4.69) is 27.7 Å². The van der Waals surface area contributed by atoms with Gasteiger partial charge in [-0.05, 0) is 23.6 Å². The van der Waals surface area contributed by atoms with Crippen LogP contribution in [-0.4, -0.2) is 0 Å². The molecule has 0 aliphatic heterocycles. The van der Waals surface area contributed by atoms with Crippen molar-refractivity contribution in [3.8, 4) is 0 Å². The molecule has 0 radical (unpaired) electrons. The van der Waals surface area contributed by atoms with E-state index in [1.54, 1.807) is 0 Å². The summed E-state index contributed by atoms with van der Waals surface area (Å²) in [6.07, 6.45) is 1.25. The maximum absolute atomic E-state index is 12.4. The van der Waals surface area contributed by atoms with Gasteiger partial charge in [0.25, 0.3) is 0 Å². The topological polar surface area (TPSA) is 0 Å². The average molecular weight is 182 g/mol. The molecule has 0 saturated carbocycles. The number of rotatable bonds is 1. The molecule has 0 saturated heterocycles. The molecule has 0 aliphatic carbocycles. The minimum Gasteiger partial charge on any atom is -0.207 e. The Bertz CT molecular complexity index is 211. The molecule has 1 aromatic rings. The van der Waals surface area contributed by atoms with Crippen molar-refractivity contribution in [1.29, 1.82) is 0 Å². The van der Waals surface area contributed by atoms with E-state index in [-0.39, 0.29) is 5.82 Å². The van der Waals surface area contributed by atoms with Crippen molar-refractivity contribution in [2.24, 2.45) is 0 Å². The van der Waals surface area contributed by atoms with Crippen LogP contribution in [0.2, 0.25) is 0 Å². The van der Waals surface area contributed by atoms with Crippen molar-refractivity contribution in [2.45, 2.75) is 40.0 Å². The molecule has 0 fully saturated rings. The Morgan fingerprint density at radius 3 is 1.77 bits per heavy atom. The van der Waals surface area contributed by atoms with Gasteiger partial charge in [0.2, 0.25) is 0 Å². The molecule has 0 atom stereocenters. The molecule has 0 nitrogen and oxygen atoms in total. The van der Waals surface area contributed by atoms with Crippen LogP contribution in [0.3, 0.4) is 0 Å². The van der Waals surface area contributed by atoms with Crippen LogP contribution < -0.4 is 0 Å². The highest BCUT2D eigenvalue weighted by molar-refractivity contribution is 5.18. The van der Waals surface area contributed by atoms with Gasteiger partial charge in [0.05, 0.1) is 0 Å². The van der Waals surface area contributed by atoms with Gasteiger partial charge in [-0.3, -0.25) is 0 Å². The zero-order valence-corrected chi connectivity index (χ0v) is 8.97. The maximum atomic E-state index is 12.4. The Hall–Kier alpha value is -0.850. The van der Waals surface area contributed by atoms with E-state index < -0.39 is 0 Å². The SMILES string of the molecule is CC(C)c1ccc(F)cc1.CCC. The van der Waals surface area contributed by atoms with Gasteiger partial charge in [0.15, 0.2) is 0 Å². The van der Waals surface area contributed by atoms with Crippen LogP contribution in [0.4, 0.5) is 4.39 Å². The molecular weight excluding hydrogens is 163 g/mol. The van der Waals surface area contributed by atoms with E-state index in [9.17, 15) is 4.39 Å². The highest BCUT2D eigenvalue weighted by atomic mass is 19.1. The number of halogens is 1. The summed E-state index contributed by atoms with van der Waals surface area (Å²) < 4.78 is 12.4. The third-order valence-corrected chi connectivity index (χ3v) is 1.54. The van der Waals surface area contributed by atoms with Gasteiger partial charge in [-0.25, -0.2) is 4.39 Å². The predicted octanol–water partition coefficient (Wildman–Crippen LogP) is 4.37. The predicted molar refractivity (Wildman–Crippen MR) is 56.5 cm³/mol. The maximum Gasteiger partial charge on any atom is 0.123 e. The van der Waals surface area contributed by atoms with Crippen molar-refractivity contribution < 1.29 is 4.39 Å². The largest absolute Gasteiger partial charge is 0.207 e. The molecule has 1 rings (SSSR count). The van der Waals surface area contributed by atoms with Gasteiger partial charge in [0.1, 0.15) is 5.82 Å². The Kier molecular flexibility index (Phi) is 6.21. The zero-order valence-electron chi connectivity index (χ0n) is 8.97. The lowest BCUT2D eigenvalue weighted by molar-refractivity contribution is 0.626. The monoisotopic (exact) mass is 182 g/mol. The molecule has 0 unspecified atom stereocenters. The normalized spacial score (nSPS) is 9.38. The smallest absolute Gasteiger partial charge is 0.123 e. The summed E-state index contributed by atoms with van der Waals surface area (Å²) in [6, 6.07) is 6.63. The second-order valence-corrected chi connectivity index (χ2v) is 3.41. The standard InChI is InChI=1S/C9H11F.C3H8/c1-7(2)8-3-5-9(10)6-4-8;1-3-2/h3-7H,1-2H3;3H2,1-2H3. The third kappa shape index (κ3) is 5.40. The first kappa shape index (κ1) is 12.2. The molecule has 0 spiro atoms. The Labute approximate surface area is 80.8 Å². The van der Waals surface area contributed by atoms with Crippen LogP contribution in [0.25, 0.3) is 0 Å². The van der Waals surface area contributed by atoms with E-state index in [4.69, 9.17) is 0 Å². The minimum atomic E-state index is -0.163. The lowest BCUT2D eigenvalue weighted by Gasteiger charge is -2.02. The summed E-state index contributed by atoms with van der Waals surface area (Å²) >= 11 is 0. The molecule has 1 heteroatoms. The first-order chi connectivity index (χ1) is 6.11. The molecule has 0 amide bonds. The summed E-state index contributed by atoms with van der Waals surface area (Å²) in [7, 11) is 0. The second-order valence-electron chi connectivity index (χ2n) is 3.41. The summed E-state index contributed by atoms with van der Waals surface area (Å²) in [6.45, 7) is 8.43. The molecule has 0 heterocycles. The second kappa shape index (κ2) is 6.64. The zero-order chi connectivity index (χ0) is 10.3. The first-order valence-electron chi connectivity index (χ1n) is 4.87. The highest BCUT2D eigenvalue weighted by Gasteiger charge is 1.96. The van der Waals surface area contributed by atoms with Crippen molar-refractivity contribution in [2.75, 3.05) is 0 Å². The molecule has 13 heavy (non-hydrogen) atoms. The molecule has 0 N–H and O–H groups in total. The van der Waals surface area contributed by atoms with Crippen LogP contribution in [-0.2, 0) is 0 Å². The fourth-order valence-electron chi connectivity index (χ4n) is 0.848. The van der Waals surface area contributed by atoms with E-state index in [0.717, 1.165) is 0 Å². The van der Waals surface area contributed by atoms with E-state index in [1.165, 1.54) is 24.1 Å². The molecule has 1 aromatic carbocycles. The summed E-state index contributed by atoms with van der Waals surface area (Å²) in [5, 5.41) is 0.